The highest BCUT2D eigenvalue weighted by Gasteiger charge is 2.10. The molecule has 0 fully saturated rings. The maximum atomic E-state index is 6.16. The Bertz CT molecular complexity index is 1300. The zero-order valence-electron chi connectivity index (χ0n) is 14.3. The summed E-state index contributed by atoms with van der Waals surface area (Å²) >= 11 is 5.99. The molecule has 0 saturated carbocycles. The molecule has 2 heterocycles. The summed E-state index contributed by atoms with van der Waals surface area (Å²) in [6.45, 7) is 0. The Kier molecular flexibility index (Phi) is 3.80. The van der Waals surface area contributed by atoms with Crippen LogP contribution in [0, 0.1) is 0 Å². The van der Waals surface area contributed by atoms with Crippen LogP contribution < -0.4 is 5.55 Å². The van der Waals surface area contributed by atoms with E-state index in [1.54, 1.807) is 0 Å². The molecule has 4 heteroatoms. The quantitative estimate of drug-likeness (QED) is 0.380. The highest BCUT2D eigenvalue weighted by Crippen LogP contribution is 2.25. The zero-order chi connectivity index (χ0) is 18.2. The summed E-state index contributed by atoms with van der Waals surface area (Å²) in [7, 11) is 0. The first-order valence-electron chi connectivity index (χ1n) is 8.68. The molecule has 130 valence electrons. The summed E-state index contributed by atoms with van der Waals surface area (Å²) in [6.07, 6.45) is 0. The van der Waals surface area contributed by atoms with Gasteiger partial charge in [-0.1, -0.05) is 48.0 Å². The van der Waals surface area contributed by atoms with Crippen LogP contribution in [0.5, 0.6) is 0 Å². The summed E-state index contributed by atoms with van der Waals surface area (Å²) < 4.78 is 6.16. The predicted molar refractivity (Wildman–Crippen MR) is 110 cm³/mol. The third-order valence-electron chi connectivity index (χ3n) is 4.53. The maximum absolute atomic E-state index is 6.16. The Balaban J connectivity index is 1.79. The normalized spacial score (nSPS) is 12.1. The number of para-hydroxylation sites is 2. The molecule has 0 spiro atoms. The average Bonchev–Trinajstić information content (AvgIpc) is 3.13. The lowest BCUT2D eigenvalue weighted by atomic mass is 10.1. The Morgan fingerprint density at radius 3 is 2.33 bits per heavy atom. The van der Waals surface area contributed by atoms with Crippen LogP contribution in [0.15, 0.2) is 94.3 Å². The number of rotatable bonds is 2. The Morgan fingerprint density at radius 1 is 0.778 bits per heavy atom. The largest absolute Gasteiger partial charge is 0.438 e. The average molecular weight is 371 g/mol. The van der Waals surface area contributed by atoms with E-state index in [1.165, 1.54) is 0 Å². The van der Waals surface area contributed by atoms with Crippen LogP contribution in [0.25, 0.3) is 33.1 Å². The Hall–Kier alpha value is -3.30. The zero-order valence-corrected chi connectivity index (χ0v) is 15.1. The number of H-pyrrole nitrogens is 1. The fraction of sp³-hybridized carbons (Fsp3) is 0. The van der Waals surface area contributed by atoms with Gasteiger partial charge in [0.25, 0.3) is 0 Å². The van der Waals surface area contributed by atoms with Gasteiger partial charge in [-0.3, -0.25) is 0 Å². The molecule has 0 aliphatic carbocycles. The monoisotopic (exact) mass is 370 g/mol. The molecule has 0 bridgehead atoms. The van der Waals surface area contributed by atoms with Gasteiger partial charge in [-0.15, -0.1) is 0 Å². The van der Waals surface area contributed by atoms with Gasteiger partial charge in [0.05, 0.1) is 16.9 Å². The van der Waals surface area contributed by atoms with Gasteiger partial charge in [-0.2, -0.15) is 0 Å². The molecule has 0 unspecified atom stereocenters. The summed E-state index contributed by atoms with van der Waals surface area (Å²) in [6, 6.07) is 27.8. The van der Waals surface area contributed by atoms with Crippen molar-refractivity contribution < 1.29 is 4.42 Å². The molecule has 2 aromatic heterocycles. The molecule has 1 N–H and O–H groups in total. The number of nitrogens with zero attached hydrogens (tertiary/aromatic N) is 1. The van der Waals surface area contributed by atoms with Crippen molar-refractivity contribution in [3.8, 4) is 11.3 Å². The van der Waals surface area contributed by atoms with Crippen LogP contribution in [0.4, 0.5) is 5.69 Å². The van der Waals surface area contributed by atoms with Gasteiger partial charge in [0.15, 0.2) is 0 Å². The second-order valence-corrected chi connectivity index (χ2v) is 6.80. The minimum absolute atomic E-state index is 0.558. The topological polar surface area (TPSA) is 41.3 Å². The molecule has 3 aromatic carbocycles. The molecule has 0 atom stereocenters. The maximum Gasteiger partial charge on any atom is 0.229 e. The van der Waals surface area contributed by atoms with Crippen molar-refractivity contribution in [2.24, 2.45) is 4.99 Å². The number of hydrogen-bond donors (Lipinski definition) is 1. The van der Waals surface area contributed by atoms with Crippen LogP contribution >= 0.6 is 11.6 Å². The van der Waals surface area contributed by atoms with E-state index in [1.807, 2.05) is 60.7 Å². The summed E-state index contributed by atoms with van der Waals surface area (Å²) in [5.41, 5.74) is 5.11. The molecule has 27 heavy (non-hydrogen) atoms. The van der Waals surface area contributed by atoms with Crippen LogP contribution in [0.1, 0.15) is 0 Å². The number of benzene rings is 3. The van der Waals surface area contributed by atoms with Gasteiger partial charge in [-0.25, -0.2) is 4.99 Å². The van der Waals surface area contributed by atoms with Gasteiger partial charge in [0.2, 0.25) is 5.55 Å². The minimum Gasteiger partial charge on any atom is -0.438 e. The number of nitrogens with one attached hydrogen (secondary N) is 1. The molecule has 0 aliphatic rings. The molecule has 5 rings (SSSR count). The van der Waals surface area contributed by atoms with Crippen molar-refractivity contribution >= 4 is 39.2 Å². The molecule has 0 amide bonds. The van der Waals surface area contributed by atoms with Crippen molar-refractivity contribution in [2.45, 2.75) is 0 Å². The highest BCUT2D eigenvalue weighted by molar-refractivity contribution is 6.30. The van der Waals surface area contributed by atoms with Crippen molar-refractivity contribution in [3.05, 3.63) is 95.5 Å². The Morgan fingerprint density at radius 2 is 1.52 bits per heavy atom. The molecule has 3 nitrogen and oxygen atoms in total. The lowest BCUT2D eigenvalue weighted by Gasteiger charge is -2.03. The van der Waals surface area contributed by atoms with E-state index in [0.29, 0.717) is 10.6 Å². The third kappa shape index (κ3) is 3.03. The SMILES string of the molecule is Clc1ccc(N=c2oc3ccccc3cc2-c2cc3ccccc3[nH]2)cc1. The van der Waals surface area contributed by atoms with Crippen molar-refractivity contribution in [2.75, 3.05) is 0 Å². The van der Waals surface area contributed by atoms with E-state index >= 15 is 0 Å². The van der Waals surface area contributed by atoms with Crippen LogP contribution in [0.2, 0.25) is 5.02 Å². The third-order valence-corrected chi connectivity index (χ3v) is 4.79. The van der Waals surface area contributed by atoms with Gasteiger partial charge in [-0.05, 0) is 48.5 Å². The van der Waals surface area contributed by atoms with Crippen molar-refractivity contribution in [3.63, 3.8) is 0 Å². The second kappa shape index (κ2) is 6.45. The van der Waals surface area contributed by atoms with E-state index in [4.69, 9.17) is 21.0 Å². The van der Waals surface area contributed by atoms with E-state index in [0.717, 1.165) is 38.8 Å². The van der Waals surface area contributed by atoms with Crippen LogP contribution in [0.3, 0.4) is 0 Å². The number of aromatic nitrogens is 1. The number of halogens is 1. The van der Waals surface area contributed by atoms with E-state index in [9.17, 15) is 0 Å². The van der Waals surface area contributed by atoms with E-state index < -0.39 is 0 Å². The molecule has 0 saturated heterocycles. The number of aromatic amines is 1. The lowest BCUT2D eigenvalue weighted by molar-refractivity contribution is 0.547. The fourth-order valence-electron chi connectivity index (χ4n) is 3.20. The molecule has 5 aromatic rings. The van der Waals surface area contributed by atoms with Crippen LogP contribution in [-0.2, 0) is 0 Å². The van der Waals surface area contributed by atoms with Gasteiger partial charge < -0.3 is 9.40 Å². The first-order chi connectivity index (χ1) is 13.3. The predicted octanol–water partition coefficient (Wildman–Crippen LogP) is 6.47. The Labute approximate surface area is 160 Å². The standard InChI is InChI=1S/C23H15ClN2O/c24-17-9-11-18(12-10-17)25-23-19(13-16-6-2-4-8-22(16)27-23)21-14-15-5-1-3-7-20(15)26-21/h1-14,26H. The summed E-state index contributed by atoms with van der Waals surface area (Å²) in [5, 5.41) is 2.86. The first-order valence-corrected chi connectivity index (χ1v) is 9.05. The van der Waals surface area contributed by atoms with Gasteiger partial charge >= 0.3 is 0 Å². The highest BCUT2D eigenvalue weighted by atomic mass is 35.5. The molecular formula is C23H15ClN2O. The molecule has 0 radical (unpaired) electrons. The summed E-state index contributed by atoms with van der Waals surface area (Å²) in [4.78, 5) is 8.20. The summed E-state index contributed by atoms with van der Waals surface area (Å²) in [5.74, 6) is 0. The first kappa shape index (κ1) is 15.9. The van der Waals surface area contributed by atoms with Gasteiger partial charge in [0.1, 0.15) is 5.58 Å². The fourth-order valence-corrected chi connectivity index (χ4v) is 3.32. The number of hydrogen-bond acceptors (Lipinski definition) is 2. The number of fused-ring (bicyclic) bond motifs is 2. The van der Waals surface area contributed by atoms with Crippen LogP contribution in [-0.4, -0.2) is 4.98 Å². The van der Waals surface area contributed by atoms with Crippen molar-refractivity contribution in [1.82, 2.24) is 4.98 Å². The molecule has 0 aliphatic heterocycles. The second-order valence-electron chi connectivity index (χ2n) is 6.36. The van der Waals surface area contributed by atoms with Crippen molar-refractivity contribution in [1.29, 1.82) is 0 Å². The minimum atomic E-state index is 0.558. The van der Waals surface area contributed by atoms with E-state index in [-0.39, 0.29) is 0 Å². The smallest absolute Gasteiger partial charge is 0.229 e. The molecular weight excluding hydrogens is 356 g/mol. The van der Waals surface area contributed by atoms with E-state index in [2.05, 4.69) is 29.2 Å². The lowest BCUT2D eigenvalue weighted by Crippen LogP contribution is -2.05. The van der Waals surface area contributed by atoms with Gasteiger partial charge in [0, 0.05) is 21.3 Å².